The lowest BCUT2D eigenvalue weighted by Gasteiger charge is -2.32. The van der Waals surface area contributed by atoms with Crippen molar-refractivity contribution in [3.05, 3.63) is 70.5 Å². The predicted molar refractivity (Wildman–Crippen MR) is 125 cm³/mol. The van der Waals surface area contributed by atoms with Gasteiger partial charge in [0.2, 0.25) is 5.91 Å². The molecule has 2 aromatic rings. The Labute approximate surface area is 215 Å². The fourth-order valence-electron chi connectivity index (χ4n) is 5.79. The summed E-state index contributed by atoms with van der Waals surface area (Å²) in [5.74, 6) is -1.19. The minimum Gasteiger partial charge on any atom is -0.370 e. The Bertz CT molecular complexity index is 1100. The highest BCUT2D eigenvalue weighted by molar-refractivity contribution is 5.80. The van der Waals surface area contributed by atoms with E-state index in [-0.39, 0.29) is 23.5 Å². The number of nitrogens with two attached hydrogens (primary N) is 1. The van der Waals surface area contributed by atoms with Crippen LogP contribution in [0.25, 0.3) is 0 Å². The molecule has 0 radical (unpaired) electrons. The van der Waals surface area contributed by atoms with E-state index in [1.165, 1.54) is 19.1 Å². The van der Waals surface area contributed by atoms with Gasteiger partial charge in [-0.15, -0.1) is 0 Å². The highest BCUT2D eigenvalue weighted by Gasteiger charge is 2.42. The van der Waals surface area contributed by atoms with Crippen molar-refractivity contribution in [2.75, 3.05) is 13.1 Å². The second kappa shape index (κ2) is 10.8. The third-order valence-corrected chi connectivity index (χ3v) is 7.60. The number of primary amides is 1. The molecular formula is C27H29F7N2O2. The third-order valence-electron chi connectivity index (χ3n) is 7.60. The summed E-state index contributed by atoms with van der Waals surface area (Å²) < 4.78 is 100. The molecule has 5 atom stereocenters. The van der Waals surface area contributed by atoms with E-state index in [9.17, 15) is 35.5 Å². The maximum atomic E-state index is 13.7. The van der Waals surface area contributed by atoms with Crippen LogP contribution in [0.2, 0.25) is 0 Å². The van der Waals surface area contributed by atoms with Gasteiger partial charge >= 0.3 is 12.4 Å². The Balaban J connectivity index is 1.61. The zero-order valence-corrected chi connectivity index (χ0v) is 20.7. The van der Waals surface area contributed by atoms with Gasteiger partial charge in [-0.3, -0.25) is 9.69 Å². The molecule has 0 bridgehead atoms. The van der Waals surface area contributed by atoms with Crippen LogP contribution in [-0.4, -0.2) is 36.0 Å². The lowest BCUT2D eigenvalue weighted by molar-refractivity contribution is -0.143. The van der Waals surface area contributed by atoms with Gasteiger partial charge < -0.3 is 10.5 Å². The standard InChI is InChI=1S/C27H29F7N2O2/c1-15(18-11-19(26(29,30)31)13-20(12-18)27(32,33)34)38-23-9-6-17(14-36-10-2-3-22(36)25(35)37)24(23)16-4-7-21(28)8-5-16/h4-5,7-8,11-13,15,17,22-24H,2-3,6,9-10,14H2,1H3,(H2,35,37)/t15-,17-,22-,23+,24-/m1/s1. The van der Waals surface area contributed by atoms with E-state index in [0.717, 1.165) is 12.0 Å². The molecule has 208 valence electrons. The molecule has 0 spiro atoms. The molecule has 2 aliphatic rings. The van der Waals surface area contributed by atoms with Crippen LogP contribution in [0.1, 0.15) is 66.9 Å². The normalized spacial score (nSPS) is 25.6. The number of hydrogen-bond acceptors (Lipinski definition) is 3. The molecule has 2 N–H and O–H groups in total. The van der Waals surface area contributed by atoms with E-state index >= 15 is 0 Å². The van der Waals surface area contributed by atoms with Gasteiger partial charge in [0.1, 0.15) is 5.82 Å². The molecule has 1 aliphatic heterocycles. The first kappa shape index (κ1) is 28.4. The zero-order valence-electron chi connectivity index (χ0n) is 20.7. The number of hydrogen-bond donors (Lipinski definition) is 1. The number of nitrogens with zero attached hydrogens (tertiary/aromatic N) is 1. The van der Waals surface area contributed by atoms with Crippen molar-refractivity contribution in [1.29, 1.82) is 0 Å². The van der Waals surface area contributed by atoms with Crippen LogP contribution in [0.5, 0.6) is 0 Å². The van der Waals surface area contributed by atoms with Crippen molar-refractivity contribution in [2.45, 2.75) is 69.1 Å². The van der Waals surface area contributed by atoms with Gasteiger partial charge in [0, 0.05) is 12.5 Å². The maximum absolute atomic E-state index is 13.7. The molecule has 38 heavy (non-hydrogen) atoms. The number of amides is 1. The van der Waals surface area contributed by atoms with Crippen molar-refractivity contribution in [2.24, 2.45) is 11.7 Å². The van der Waals surface area contributed by atoms with Gasteiger partial charge in [0.05, 0.1) is 29.4 Å². The summed E-state index contributed by atoms with van der Waals surface area (Å²) in [6, 6.07) is 6.89. The topological polar surface area (TPSA) is 55.6 Å². The van der Waals surface area contributed by atoms with E-state index in [1.807, 2.05) is 4.90 Å². The van der Waals surface area contributed by atoms with E-state index in [4.69, 9.17) is 10.5 Å². The third kappa shape index (κ3) is 6.31. The first-order valence-corrected chi connectivity index (χ1v) is 12.5. The summed E-state index contributed by atoms with van der Waals surface area (Å²) in [5.41, 5.74) is 3.28. The molecule has 2 aromatic carbocycles. The average molecular weight is 547 g/mol. The molecule has 4 rings (SSSR count). The second-order valence-electron chi connectivity index (χ2n) is 10.1. The Morgan fingerprint density at radius 2 is 1.61 bits per heavy atom. The molecular weight excluding hydrogens is 517 g/mol. The molecule has 1 saturated carbocycles. The molecule has 1 heterocycles. The summed E-state index contributed by atoms with van der Waals surface area (Å²) in [7, 11) is 0. The largest absolute Gasteiger partial charge is 0.416 e. The van der Waals surface area contributed by atoms with Crippen molar-refractivity contribution >= 4 is 5.91 Å². The lowest BCUT2D eigenvalue weighted by atomic mass is 9.86. The second-order valence-corrected chi connectivity index (χ2v) is 10.1. The summed E-state index contributed by atoms with van der Waals surface area (Å²) in [5, 5.41) is 0. The average Bonchev–Trinajstić information content (AvgIpc) is 3.46. The monoisotopic (exact) mass is 546 g/mol. The van der Waals surface area contributed by atoms with Crippen LogP contribution in [-0.2, 0) is 21.9 Å². The fraction of sp³-hybridized carbons (Fsp3) is 0.519. The molecule has 1 aliphatic carbocycles. The van der Waals surface area contributed by atoms with E-state index in [1.54, 1.807) is 12.1 Å². The Kier molecular flexibility index (Phi) is 8.09. The molecule has 1 amide bonds. The number of rotatable bonds is 7. The Morgan fingerprint density at radius 3 is 2.16 bits per heavy atom. The van der Waals surface area contributed by atoms with Crippen molar-refractivity contribution < 1.29 is 40.3 Å². The summed E-state index contributed by atoms with van der Waals surface area (Å²) in [6.45, 7) is 2.63. The van der Waals surface area contributed by atoms with Crippen LogP contribution in [0, 0.1) is 11.7 Å². The van der Waals surface area contributed by atoms with E-state index in [2.05, 4.69) is 0 Å². The van der Waals surface area contributed by atoms with E-state index < -0.39 is 53.5 Å². The number of likely N-dealkylation sites (tertiary alicyclic amines) is 1. The highest BCUT2D eigenvalue weighted by Crippen LogP contribution is 2.45. The minimum atomic E-state index is -4.96. The highest BCUT2D eigenvalue weighted by atomic mass is 19.4. The van der Waals surface area contributed by atoms with Crippen LogP contribution in [0.15, 0.2) is 42.5 Å². The maximum Gasteiger partial charge on any atom is 0.416 e. The smallest absolute Gasteiger partial charge is 0.370 e. The first-order valence-electron chi connectivity index (χ1n) is 12.5. The number of carbonyl (C=O) groups excluding carboxylic acids is 1. The first-order chi connectivity index (χ1) is 17.7. The van der Waals surface area contributed by atoms with Gasteiger partial charge in [-0.2, -0.15) is 26.3 Å². The predicted octanol–water partition coefficient (Wildman–Crippen LogP) is 6.45. The lowest BCUT2D eigenvalue weighted by Crippen LogP contribution is -2.43. The molecule has 11 heteroatoms. The summed E-state index contributed by atoms with van der Waals surface area (Å²) >= 11 is 0. The van der Waals surface area contributed by atoms with Crippen molar-refractivity contribution in [1.82, 2.24) is 4.90 Å². The number of ether oxygens (including phenoxy) is 1. The van der Waals surface area contributed by atoms with Gasteiger partial charge in [-0.1, -0.05) is 12.1 Å². The number of benzene rings is 2. The van der Waals surface area contributed by atoms with E-state index in [0.29, 0.717) is 44.5 Å². The van der Waals surface area contributed by atoms with Gasteiger partial charge in [-0.05, 0) is 86.5 Å². The van der Waals surface area contributed by atoms with Gasteiger partial charge in [-0.25, -0.2) is 4.39 Å². The minimum absolute atomic E-state index is 0.0372. The summed E-state index contributed by atoms with van der Waals surface area (Å²) in [6.07, 6.45) is -8.93. The van der Waals surface area contributed by atoms with Crippen LogP contribution in [0.3, 0.4) is 0 Å². The molecule has 0 aromatic heterocycles. The fourth-order valence-corrected chi connectivity index (χ4v) is 5.79. The summed E-state index contributed by atoms with van der Waals surface area (Å²) in [4.78, 5) is 13.9. The zero-order chi connectivity index (χ0) is 27.8. The number of alkyl halides is 6. The van der Waals surface area contributed by atoms with Crippen LogP contribution < -0.4 is 5.73 Å². The molecule has 4 nitrogen and oxygen atoms in total. The molecule has 0 unspecified atom stereocenters. The van der Waals surface area contributed by atoms with Crippen LogP contribution in [0.4, 0.5) is 30.7 Å². The number of halogens is 7. The van der Waals surface area contributed by atoms with Gasteiger partial charge in [0.15, 0.2) is 0 Å². The Hall–Kier alpha value is -2.66. The van der Waals surface area contributed by atoms with Crippen molar-refractivity contribution in [3.63, 3.8) is 0 Å². The van der Waals surface area contributed by atoms with Gasteiger partial charge in [0.25, 0.3) is 0 Å². The molecule has 2 fully saturated rings. The quantitative estimate of drug-likeness (QED) is 0.406. The van der Waals surface area contributed by atoms with Crippen molar-refractivity contribution in [3.8, 4) is 0 Å². The molecule has 1 saturated heterocycles. The Morgan fingerprint density at radius 1 is 1.00 bits per heavy atom. The van der Waals surface area contributed by atoms with Crippen LogP contribution >= 0.6 is 0 Å². The number of carbonyl (C=O) groups is 1. The SMILES string of the molecule is C[C@@H](O[C@H]1CC[C@H](CN2CCC[C@@H]2C(N)=O)[C@H]1c1ccc(F)cc1)c1cc(C(F)(F)F)cc(C(F)(F)F)c1.